The maximum Gasteiger partial charge on any atom is 0.431 e. The molecule has 30 heavy (non-hydrogen) atoms. The Morgan fingerprint density at radius 1 is 1.07 bits per heavy atom. The smallest absolute Gasteiger partial charge is 0.431 e. The van der Waals surface area contributed by atoms with Crippen LogP contribution in [0.15, 0.2) is 0 Å². The molecule has 0 aromatic carbocycles. The molecule has 0 aromatic rings. The first-order chi connectivity index (χ1) is 13.4. The van der Waals surface area contributed by atoms with E-state index in [0.717, 1.165) is 19.3 Å². The molecule has 0 amide bonds. The van der Waals surface area contributed by atoms with Gasteiger partial charge in [-0.05, 0) is 71.1 Å². The van der Waals surface area contributed by atoms with Crippen LogP contribution in [0.3, 0.4) is 0 Å². The number of halogens is 4. The van der Waals surface area contributed by atoms with Crippen LogP contribution in [0.1, 0.15) is 65.7 Å². The summed E-state index contributed by atoms with van der Waals surface area (Å²) in [6, 6.07) is 0. The Morgan fingerprint density at radius 2 is 1.60 bits per heavy atom. The molecular formula is C19H28F4O6S. The molecule has 0 aliphatic heterocycles. The zero-order valence-corrected chi connectivity index (χ0v) is 18.0. The molecule has 11 heteroatoms. The number of esters is 1. The lowest BCUT2D eigenvalue weighted by molar-refractivity contribution is -0.238. The number of rotatable bonds is 7. The highest BCUT2D eigenvalue weighted by atomic mass is 32.2. The maximum absolute atomic E-state index is 13.7. The van der Waals surface area contributed by atoms with Gasteiger partial charge in [0.15, 0.2) is 0 Å². The van der Waals surface area contributed by atoms with Gasteiger partial charge in [0.25, 0.3) is 0 Å². The highest BCUT2D eigenvalue weighted by Crippen LogP contribution is 2.63. The average Bonchev–Trinajstić information content (AvgIpc) is 2.49. The van der Waals surface area contributed by atoms with Crippen molar-refractivity contribution in [3.8, 4) is 0 Å². The second-order valence-corrected chi connectivity index (χ2v) is 11.7. The minimum absolute atomic E-state index is 0.242. The quantitative estimate of drug-likeness (QED) is 0.348. The summed E-state index contributed by atoms with van der Waals surface area (Å²) in [5, 5.41) is -5.67. The topological polar surface area (TPSA) is 89.9 Å². The molecule has 1 N–H and O–H groups in total. The summed E-state index contributed by atoms with van der Waals surface area (Å²) < 4.78 is 94.8. The fraction of sp³-hybridized carbons (Fsp3) is 0.947. The molecule has 0 spiro atoms. The number of alkyl halides is 4. The Kier molecular flexibility index (Phi) is 5.56. The number of hydrogen-bond donors (Lipinski definition) is 1. The highest BCUT2D eigenvalue weighted by Gasteiger charge is 2.66. The molecule has 0 radical (unpaired) electrons. The molecule has 2 unspecified atom stereocenters. The van der Waals surface area contributed by atoms with Gasteiger partial charge in [0.05, 0.1) is 29.6 Å². The van der Waals surface area contributed by atoms with Crippen molar-refractivity contribution >= 4 is 16.1 Å². The molecule has 174 valence electrons. The van der Waals surface area contributed by atoms with Crippen LogP contribution in [0.4, 0.5) is 17.6 Å². The van der Waals surface area contributed by atoms with Crippen molar-refractivity contribution in [1.82, 2.24) is 0 Å². The van der Waals surface area contributed by atoms with Crippen molar-refractivity contribution in [2.24, 2.45) is 17.3 Å². The van der Waals surface area contributed by atoms with Crippen molar-refractivity contribution in [2.75, 3.05) is 6.61 Å². The SMILES string of the molecule is CC(C)(C)OC12CC3CC(C1)CC(C(=O)OCCC(F)(F)C(F)(F)S(=O)(=O)O)(C3)C2. The minimum atomic E-state index is -6.31. The molecule has 4 fully saturated rings. The molecule has 4 aliphatic rings. The van der Waals surface area contributed by atoms with E-state index in [0.29, 0.717) is 19.3 Å². The molecule has 4 bridgehead atoms. The van der Waals surface area contributed by atoms with E-state index in [4.69, 9.17) is 14.0 Å². The summed E-state index contributed by atoms with van der Waals surface area (Å²) in [6.45, 7) is 4.69. The van der Waals surface area contributed by atoms with E-state index in [9.17, 15) is 30.8 Å². The molecule has 2 atom stereocenters. The normalized spacial score (nSPS) is 34.3. The molecule has 0 saturated heterocycles. The molecule has 0 aromatic heterocycles. The molecule has 0 heterocycles. The summed E-state index contributed by atoms with van der Waals surface area (Å²) in [4.78, 5) is 12.9. The van der Waals surface area contributed by atoms with Gasteiger partial charge in [0.1, 0.15) is 0 Å². The second-order valence-electron chi connectivity index (χ2n) is 10.2. The number of carbonyl (C=O) groups is 1. The van der Waals surface area contributed by atoms with Gasteiger partial charge in [-0.3, -0.25) is 9.35 Å². The van der Waals surface area contributed by atoms with Crippen LogP contribution >= 0.6 is 0 Å². The van der Waals surface area contributed by atoms with E-state index in [1.165, 1.54) is 0 Å². The first kappa shape index (κ1) is 23.7. The third kappa shape index (κ3) is 4.21. The lowest BCUT2D eigenvalue weighted by Gasteiger charge is -2.61. The van der Waals surface area contributed by atoms with Crippen LogP contribution in [0, 0.1) is 17.3 Å². The standard InChI is InChI=1S/C19H28F4O6S/c1-15(2,3)29-17-9-12-6-13(10-17)8-16(7-12,11-17)14(24)28-5-4-18(20,21)19(22,23)30(25,26)27/h12-13H,4-11H2,1-3H3,(H,25,26,27). The van der Waals surface area contributed by atoms with E-state index >= 15 is 0 Å². The van der Waals surface area contributed by atoms with Crippen molar-refractivity contribution < 1.29 is 44.8 Å². The lowest BCUT2D eigenvalue weighted by Crippen LogP contribution is -2.61. The Hall–Kier alpha value is -0.940. The van der Waals surface area contributed by atoms with Crippen LogP contribution in [0.2, 0.25) is 0 Å². The van der Waals surface area contributed by atoms with Gasteiger partial charge >= 0.3 is 27.3 Å². The van der Waals surface area contributed by atoms with E-state index in [1.54, 1.807) is 0 Å². The maximum atomic E-state index is 13.7. The summed E-state index contributed by atoms with van der Waals surface area (Å²) in [5.41, 5.74) is -1.83. The Balaban J connectivity index is 1.69. The van der Waals surface area contributed by atoms with Gasteiger partial charge in [-0.25, -0.2) is 0 Å². The van der Waals surface area contributed by atoms with Crippen molar-refractivity contribution in [3.63, 3.8) is 0 Å². The zero-order valence-electron chi connectivity index (χ0n) is 17.2. The van der Waals surface area contributed by atoms with Crippen LogP contribution in [0.5, 0.6) is 0 Å². The Morgan fingerprint density at radius 3 is 2.07 bits per heavy atom. The predicted molar refractivity (Wildman–Crippen MR) is 97.7 cm³/mol. The molecular weight excluding hydrogens is 432 g/mol. The van der Waals surface area contributed by atoms with Crippen LogP contribution in [-0.4, -0.2) is 47.9 Å². The van der Waals surface area contributed by atoms with Crippen molar-refractivity contribution in [3.05, 3.63) is 0 Å². The van der Waals surface area contributed by atoms with Crippen molar-refractivity contribution in [1.29, 1.82) is 0 Å². The average molecular weight is 460 g/mol. The first-order valence-corrected chi connectivity index (χ1v) is 11.4. The van der Waals surface area contributed by atoms with E-state index in [-0.39, 0.29) is 11.8 Å². The number of carbonyl (C=O) groups excluding carboxylic acids is 1. The van der Waals surface area contributed by atoms with Gasteiger partial charge in [0, 0.05) is 0 Å². The summed E-state index contributed by atoms with van der Waals surface area (Å²) in [7, 11) is -6.31. The monoisotopic (exact) mass is 460 g/mol. The number of ether oxygens (including phenoxy) is 2. The van der Waals surface area contributed by atoms with E-state index < -0.39 is 56.9 Å². The highest BCUT2D eigenvalue weighted by molar-refractivity contribution is 7.87. The van der Waals surface area contributed by atoms with Crippen LogP contribution in [0.25, 0.3) is 0 Å². The van der Waals surface area contributed by atoms with Crippen molar-refractivity contribution in [2.45, 2.75) is 88.1 Å². The largest absolute Gasteiger partial charge is 0.465 e. The predicted octanol–water partition coefficient (Wildman–Crippen LogP) is 4.19. The van der Waals surface area contributed by atoms with Gasteiger partial charge in [-0.1, -0.05) is 0 Å². The molecule has 4 saturated carbocycles. The summed E-state index contributed by atoms with van der Waals surface area (Å²) in [6.07, 6.45) is 2.33. The molecule has 4 rings (SSSR count). The number of hydrogen-bond acceptors (Lipinski definition) is 5. The third-order valence-corrected chi connectivity index (χ3v) is 7.31. The van der Waals surface area contributed by atoms with Gasteiger partial charge in [0.2, 0.25) is 0 Å². The van der Waals surface area contributed by atoms with E-state index in [2.05, 4.69) is 0 Å². The minimum Gasteiger partial charge on any atom is -0.465 e. The third-order valence-electron chi connectivity index (χ3n) is 6.36. The van der Waals surface area contributed by atoms with Gasteiger partial charge < -0.3 is 9.47 Å². The Bertz CT molecular complexity index is 790. The zero-order chi connectivity index (χ0) is 22.8. The molecule has 6 nitrogen and oxygen atoms in total. The van der Waals surface area contributed by atoms with Gasteiger partial charge in [-0.15, -0.1) is 0 Å². The second kappa shape index (κ2) is 7.03. The Labute approximate surface area is 173 Å². The fourth-order valence-electron chi connectivity index (χ4n) is 5.95. The summed E-state index contributed by atoms with van der Waals surface area (Å²) in [5.74, 6) is -5.33. The van der Waals surface area contributed by atoms with Crippen LogP contribution in [-0.2, 0) is 24.4 Å². The molecule has 4 aliphatic carbocycles. The van der Waals surface area contributed by atoms with Gasteiger partial charge in [-0.2, -0.15) is 26.0 Å². The fourth-order valence-corrected chi connectivity index (χ4v) is 6.42. The van der Waals surface area contributed by atoms with Crippen LogP contribution < -0.4 is 0 Å². The lowest BCUT2D eigenvalue weighted by atomic mass is 9.47. The van der Waals surface area contributed by atoms with E-state index in [1.807, 2.05) is 20.8 Å². The summed E-state index contributed by atoms with van der Waals surface area (Å²) >= 11 is 0. The first-order valence-electron chi connectivity index (χ1n) is 10.0.